The van der Waals surface area contributed by atoms with E-state index >= 15 is 0 Å². The minimum Gasteiger partial charge on any atom is -0.479 e. The van der Waals surface area contributed by atoms with Crippen LogP contribution in [0.5, 0.6) is 23.5 Å². The molecule has 2 heterocycles. The van der Waals surface area contributed by atoms with Gasteiger partial charge in [-0.3, -0.25) is 10.1 Å². The highest BCUT2D eigenvalue weighted by molar-refractivity contribution is 5.58. The standard InChI is InChI=1S/C9H11N5O4.C9H13N5O2/c1-17-7-6(14(15)16)8(18-2)13-9(12-7)11-5-3-4-10;1-15-7-6(11)8(16-2)14-9(13-7)12-5-3-4-10/h3,5H2,1-2H3,(H,11,12,13);3,5,11H2,1-2H3,(H,12,13,14). The Morgan fingerprint density at radius 1 is 0.824 bits per heavy atom. The summed E-state index contributed by atoms with van der Waals surface area (Å²) in [5, 5.41) is 33.2. The molecule has 0 aromatic carbocycles. The first-order chi connectivity index (χ1) is 16.4. The third kappa shape index (κ3) is 7.68. The summed E-state index contributed by atoms with van der Waals surface area (Å²) in [5.74, 6) is 0.498. The second kappa shape index (κ2) is 14.2. The molecular formula is C18H24N10O6. The van der Waals surface area contributed by atoms with Gasteiger partial charge in [0.2, 0.25) is 23.7 Å². The smallest absolute Gasteiger partial charge is 0.392 e. The van der Waals surface area contributed by atoms with Crippen LogP contribution >= 0.6 is 0 Å². The number of nitrogens with two attached hydrogens (primary N) is 1. The fourth-order valence-electron chi connectivity index (χ4n) is 2.21. The van der Waals surface area contributed by atoms with E-state index in [4.69, 9.17) is 35.2 Å². The number of nitrogens with zero attached hydrogens (tertiary/aromatic N) is 7. The first-order valence-corrected chi connectivity index (χ1v) is 9.48. The molecule has 0 bridgehead atoms. The summed E-state index contributed by atoms with van der Waals surface area (Å²) >= 11 is 0. The molecule has 0 saturated carbocycles. The van der Waals surface area contributed by atoms with Crippen molar-refractivity contribution in [3.63, 3.8) is 0 Å². The molecule has 0 saturated heterocycles. The van der Waals surface area contributed by atoms with Crippen LogP contribution in [0.2, 0.25) is 0 Å². The Bertz CT molecular complexity index is 1000. The molecule has 182 valence electrons. The average molecular weight is 476 g/mol. The van der Waals surface area contributed by atoms with Gasteiger partial charge in [-0.05, 0) is 0 Å². The Balaban J connectivity index is 0.000000342. The summed E-state index contributed by atoms with van der Waals surface area (Å²) in [4.78, 5) is 25.8. The Labute approximate surface area is 194 Å². The van der Waals surface area contributed by atoms with Crippen LogP contribution in [0.3, 0.4) is 0 Å². The summed E-state index contributed by atoms with van der Waals surface area (Å²) in [6.45, 7) is 0.771. The maximum Gasteiger partial charge on any atom is 0.392 e. The molecule has 0 aliphatic heterocycles. The fraction of sp³-hybridized carbons (Fsp3) is 0.444. The Kier molecular flexibility index (Phi) is 11.4. The number of nitriles is 2. The summed E-state index contributed by atoms with van der Waals surface area (Å²) in [7, 11) is 5.43. The van der Waals surface area contributed by atoms with Crippen LogP contribution in [-0.2, 0) is 0 Å². The highest BCUT2D eigenvalue weighted by atomic mass is 16.6. The molecule has 0 amide bonds. The molecule has 0 radical (unpaired) electrons. The lowest BCUT2D eigenvalue weighted by Gasteiger charge is -2.10. The van der Waals surface area contributed by atoms with Crippen LogP contribution in [-0.4, -0.2) is 66.4 Å². The minimum absolute atomic E-state index is 0.101. The van der Waals surface area contributed by atoms with Crippen LogP contribution in [0.15, 0.2) is 0 Å². The van der Waals surface area contributed by atoms with Gasteiger partial charge in [0.15, 0.2) is 5.69 Å². The van der Waals surface area contributed by atoms with Crippen molar-refractivity contribution in [3.8, 4) is 35.7 Å². The van der Waals surface area contributed by atoms with E-state index < -0.39 is 10.6 Å². The third-order valence-electron chi connectivity index (χ3n) is 3.69. The largest absolute Gasteiger partial charge is 0.479 e. The van der Waals surface area contributed by atoms with Gasteiger partial charge >= 0.3 is 17.4 Å². The number of anilines is 3. The lowest BCUT2D eigenvalue weighted by atomic mass is 10.4. The average Bonchev–Trinajstić information content (AvgIpc) is 2.84. The van der Waals surface area contributed by atoms with Crippen molar-refractivity contribution in [1.29, 1.82) is 10.5 Å². The van der Waals surface area contributed by atoms with Crippen molar-refractivity contribution in [3.05, 3.63) is 10.1 Å². The molecular weight excluding hydrogens is 452 g/mol. The van der Waals surface area contributed by atoms with Crippen LogP contribution in [0.25, 0.3) is 0 Å². The minimum atomic E-state index is -0.684. The Morgan fingerprint density at radius 2 is 1.18 bits per heavy atom. The van der Waals surface area contributed by atoms with E-state index in [-0.39, 0.29) is 41.6 Å². The zero-order valence-electron chi connectivity index (χ0n) is 19.0. The van der Waals surface area contributed by atoms with E-state index in [9.17, 15) is 10.1 Å². The maximum atomic E-state index is 10.8. The van der Waals surface area contributed by atoms with Crippen LogP contribution in [0.4, 0.5) is 23.3 Å². The molecule has 16 nitrogen and oxygen atoms in total. The van der Waals surface area contributed by atoms with Crippen molar-refractivity contribution in [2.75, 3.05) is 57.9 Å². The summed E-state index contributed by atoms with van der Waals surface area (Å²) in [6, 6.07) is 3.94. The van der Waals surface area contributed by atoms with Crippen molar-refractivity contribution in [2.45, 2.75) is 12.8 Å². The van der Waals surface area contributed by atoms with E-state index in [2.05, 4.69) is 30.6 Å². The molecule has 2 aromatic heterocycles. The van der Waals surface area contributed by atoms with Gasteiger partial charge in [-0.2, -0.15) is 30.5 Å². The monoisotopic (exact) mass is 476 g/mol. The molecule has 34 heavy (non-hydrogen) atoms. The van der Waals surface area contributed by atoms with Crippen molar-refractivity contribution in [2.24, 2.45) is 0 Å². The molecule has 0 aliphatic carbocycles. The van der Waals surface area contributed by atoms with Gasteiger partial charge in [0.05, 0.1) is 58.3 Å². The molecule has 0 spiro atoms. The van der Waals surface area contributed by atoms with Crippen molar-refractivity contribution in [1.82, 2.24) is 19.9 Å². The number of aromatic nitrogens is 4. The van der Waals surface area contributed by atoms with E-state index in [1.807, 2.05) is 12.1 Å². The van der Waals surface area contributed by atoms with Gasteiger partial charge in [-0.15, -0.1) is 0 Å². The van der Waals surface area contributed by atoms with E-state index in [1.54, 1.807) is 0 Å². The van der Waals surface area contributed by atoms with Gasteiger partial charge in [0.25, 0.3) is 0 Å². The van der Waals surface area contributed by atoms with Gasteiger partial charge in [0.1, 0.15) is 0 Å². The first-order valence-electron chi connectivity index (χ1n) is 9.48. The zero-order chi connectivity index (χ0) is 25.5. The highest BCUT2D eigenvalue weighted by Crippen LogP contribution is 2.34. The molecule has 4 N–H and O–H groups in total. The fourth-order valence-corrected chi connectivity index (χ4v) is 2.21. The Morgan fingerprint density at radius 3 is 1.47 bits per heavy atom. The second-order valence-electron chi connectivity index (χ2n) is 5.82. The molecule has 2 rings (SSSR count). The molecule has 2 aromatic rings. The van der Waals surface area contributed by atoms with Gasteiger partial charge in [-0.1, -0.05) is 0 Å². The van der Waals surface area contributed by atoms with E-state index in [0.717, 1.165) is 0 Å². The van der Waals surface area contributed by atoms with Crippen LogP contribution < -0.4 is 35.3 Å². The normalized spacial score (nSPS) is 9.35. The van der Waals surface area contributed by atoms with Gasteiger partial charge in [0, 0.05) is 13.1 Å². The summed E-state index contributed by atoms with van der Waals surface area (Å²) in [6.07, 6.45) is 0.614. The molecule has 0 aliphatic rings. The third-order valence-corrected chi connectivity index (χ3v) is 3.69. The second-order valence-corrected chi connectivity index (χ2v) is 5.82. The molecule has 0 atom stereocenters. The van der Waals surface area contributed by atoms with Crippen molar-refractivity contribution >= 4 is 23.3 Å². The lowest BCUT2D eigenvalue weighted by Crippen LogP contribution is -2.09. The number of methoxy groups -OCH3 is 4. The maximum absolute atomic E-state index is 10.8. The van der Waals surface area contributed by atoms with Gasteiger partial charge in [-0.25, -0.2) is 0 Å². The zero-order valence-corrected chi connectivity index (χ0v) is 19.0. The first kappa shape index (κ1) is 27.2. The summed E-state index contributed by atoms with van der Waals surface area (Å²) < 4.78 is 19.6. The predicted molar refractivity (Wildman–Crippen MR) is 119 cm³/mol. The number of hydrogen-bond acceptors (Lipinski definition) is 15. The number of hydrogen-bond donors (Lipinski definition) is 3. The highest BCUT2D eigenvalue weighted by Gasteiger charge is 2.26. The lowest BCUT2D eigenvalue weighted by molar-refractivity contribution is -0.387. The number of nitro groups is 1. The SMILES string of the molecule is COc1nc(NCCC#N)nc(OC)c1N.COc1nc(NCCC#N)nc(OC)c1[N+](=O)[O-]. The number of nitrogens with one attached hydrogen (secondary N) is 2. The van der Waals surface area contributed by atoms with E-state index in [0.29, 0.717) is 25.5 Å². The van der Waals surface area contributed by atoms with E-state index in [1.165, 1.54) is 28.4 Å². The van der Waals surface area contributed by atoms with Crippen LogP contribution in [0.1, 0.15) is 12.8 Å². The predicted octanol–water partition coefficient (Wildman–Crippen LogP) is 1.13. The molecule has 16 heteroatoms. The van der Waals surface area contributed by atoms with Crippen molar-refractivity contribution < 1.29 is 23.9 Å². The molecule has 0 unspecified atom stereocenters. The number of ether oxygens (including phenoxy) is 4. The van der Waals surface area contributed by atoms with Gasteiger partial charge < -0.3 is 35.3 Å². The molecule has 0 fully saturated rings. The quantitative estimate of drug-likeness (QED) is 0.234. The number of nitrogen functional groups attached to an aromatic ring is 1. The topological polar surface area (TPSA) is 229 Å². The number of rotatable bonds is 11. The Hall–Kier alpha value is -4.86. The summed E-state index contributed by atoms with van der Waals surface area (Å²) in [5.41, 5.74) is 5.48. The van der Waals surface area contributed by atoms with Crippen LogP contribution in [0, 0.1) is 32.8 Å².